The maximum atomic E-state index is 4.61. The molecule has 2 aromatic heterocycles. The summed E-state index contributed by atoms with van der Waals surface area (Å²) >= 11 is 0. The fraction of sp³-hybridized carbons (Fsp3) is 0.500. The first-order valence-corrected chi connectivity index (χ1v) is 6.05. The molecular weight excluding hydrogens is 214 g/mol. The Morgan fingerprint density at radius 3 is 2.94 bits per heavy atom. The molecule has 2 aromatic rings. The van der Waals surface area contributed by atoms with Gasteiger partial charge in [-0.3, -0.25) is 0 Å². The first-order chi connectivity index (χ1) is 8.26. The molecule has 0 unspecified atom stereocenters. The minimum Gasteiger partial charge on any atom is -0.369 e. The second-order valence-corrected chi connectivity index (χ2v) is 4.05. The van der Waals surface area contributed by atoms with Gasteiger partial charge in [-0.15, -0.1) is 0 Å². The lowest BCUT2D eigenvalue weighted by molar-refractivity contribution is 0.917. The van der Waals surface area contributed by atoms with Gasteiger partial charge in [-0.25, -0.2) is 9.97 Å². The van der Waals surface area contributed by atoms with Crippen LogP contribution >= 0.6 is 0 Å². The number of aromatic nitrogens is 3. The highest BCUT2D eigenvalue weighted by molar-refractivity contribution is 5.66. The van der Waals surface area contributed by atoms with Crippen molar-refractivity contribution < 1.29 is 0 Å². The Kier molecular flexibility index (Phi) is 3.46. The summed E-state index contributed by atoms with van der Waals surface area (Å²) in [5, 5.41) is 3.31. The summed E-state index contributed by atoms with van der Waals surface area (Å²) < 4.78 is 2.01. The van der Waals surface area contributed by atoms with Gasteiger partial charge in [0.2, 0.25) is 0 Å². The Balaban J connectivity index is 2.43. The van der Waals surface area contributed by atoms with Crippen molar-refractivity contribution in [2.75, 3.05) is 30.4 Å². The highest BCUT2D eigenvalue weighted by Crippen LogP contribution is 2.19. The molecule has 0 aliphatic carbocycles. The minimum atomic E-state index is 0.896. The zero-order valence-corrected chi connectivity index (χ0v) is 10.6. The van der Waals surface area contributed by atoms with Crippen LogP contribution in [-0.2, 0) is 0 Å². The molecule has 2 rings (SSSR count). The molecule has 1 N–H and O–H groups in total. The van der Waals surface area contributed by atoms with E-state index in [2.05, 4.69) is 34.0 Å². The fourth-order valence-electron chi connectivity index (χ4n) is 1.66. The number of nitrogens with zero attached hydrogens (tertiary/aromatic N) is 4. The topological polar surface area (TPSA) is 45.5 Å². The van der Waals surface area contributed by atoms with Crippen molar-refractivity contribution in [3.8, 4) is 0 Å². The molecule has 17 heavy (non-hydrogen) atoms. The number of imidazole rings is 1. The number of fused-ring (bicyclic) bond motifs is 1. The average Bonchev–Trinajstić information content (AvgIpc) is 2.82. The van der Waals surface area contributed by atoms with E-state index in [0.717, 1.165) is 36.8 Å². The highest BCUT2D eigenvalue weighted by Gasteiger charge is 2.10. The second kappa shape index (κ2) is 5.03. The Labute approximate surface area is 101 Å². The summed E-state index contributed by atoms with van der Waals surface area (Å²) in [6.45, 7) is 6.09. The molecule has 0 saturated carbocycles. The van der Waals surface area contributed by atoms with Crippen LogP contribution in [0, 0.1) is 0 Å². The lowest BCUT2D eigenvalue weighted by atomic mass is 10.4. The standard InChI is InChI=1S/C12H19N5/c1-4-6-13-10-9-17-8-7-14-11(17)12(15-10)16(3)5-2/h7-9,13H,4-6H2,1-3H3. The van der Waals surface area contributed by atoms with Crippen LogP contribution in [0.5, 0.6) is 0 Å². The third-order valence-corrected chi connectivity index (χ3v) is 2.75. The summed E-state index contributed by atoms with van der Waals surface area (Å²) in [4.78, 5) is 11.0. The zero-order chi connectivity index (χ0) is 12.3. The number of hydrogen-bond donors (Lipinski definition) is 1. The largest absolute Gasteiger partial charge is 0.369 e. The number of rotatable bonds is 5. The summed E-state index contributed by atoms with van der Waals surface area (Å²) in [7, 11) is 2.03. The van der Waals surface area contributed by atoms with Crippen molar-refractivity contribution in [2.24, 2.45) is 0 Å². The summed E-state index contributed by atoms with van der Waals surface area (Å²) in [5.41, 5.74) is 0.899. The molecule has 0 aliphatic heterocycles. The van der Waals surface area contributed by atoms with Gasteiger partial charge in [-0.1, -0.05) is 6.92 Å². The summed E-state index contributed by atoms with van der Waals surface area (Å²) in [6.07, 6.45) is 6.81. The van der Waals surface area contributed by atoms with Crippen molar-refractivity contribution in [1.29, 1.82) is 0 Å². The fourth-order valence-corrected chi connectivity index (χ4v) is 1.66. The van der Waals surface area contributed by atoms with Gasteiger partial charge in [0.1, 0.15) is 5.82 Å². The number of anilines is 2. The van der Waals surface area contributed by atoms with E-state index in [-0.39, 0.29) is 0 Å². The zero-order valence-electron chi connectivity index (χ0n) is 10.6. The van der Waals surface area contributed by atoms with Crippen LogP contribution in [0.2, 0.25) is 0 Å². The van der Waals surface area contributed by atoms with E-state index in [1.807, 2.05) is 23.8 Å². The Morgan fingerprint density at radius 2 is 2.24 bits per heavy atom. The maximum absolute atomic E-state index is 4.61. The molecule has 0 spiro atoms. The lowest BCUT2D eigenvalue weighted by Crippen LogP contribution is -2.19. The van der Waals surface area contributed by atoms with Crippen molar-refractivity contribution in [3.05, 3.63) is 18.6 Å². The first-order valence-electron chi connectivity index (χ1n) is 6.05. The first kappa shape index (κ1) is 11.7. The molecule has 5 nitrogen and oxygen atoms in total. The predicted molar refractivity (Wildman–Crippen MR) is 70.7 cm³/mol. The van der Waals surface area contributed by atoms with E-state index >= 15 is 0 Å². The van der Waals surface area contributed by atoms with Gasteiger partial charge < -0.3 is 14.6 Å². The molecule has 92 valence electrons. The molecule has 0 aliphatic rings. The number of hydrogen-bond acceptors (Lipinski definition) is 4. The van der Waals surface area contributed by atoms with Crippen molar-refractivity contribution >= 4 is 17.3 Å². The van der Waals surface area contributed by atoms with E-state index in [9.17, 15) is 0 Å². The van der Waals surface area contributed by atoms with Crippen LogP contribution in [-0.4, -0.2) is 34.5 Å². The molecule has 0 fully saturated rings. The smallest absolute Gasteiger partial charge is 0.180 e. The van der Waals surface area contributed by atoms with E-state index < -0.39 is 0 Å². The Hall–Kier alpha value is -1.78. The molecule has 0 saturated heterocycles. The Morgan fingerprint density at radius 1 is 1.41 bits per heavy atom. The van der Waals surface area contributed by atoms with Gasteiger partial charge in [0, 0.05) is 32.5 Å². The third kappa shape index (κ3) is 2.33. The third-order valence-electron chi connectivity index (χ3n) is 2.75. The van der Waals surface area contributed by atoms with Gasteiger partial charge in [0.25, 0.3) is 0 Å². The molecule has 0 amide bonds. The van der Waals surface area contributed by atoms with E-state index in [4.69, 9.17) is 0 Å². The van der Waals surface area contributed by atoms with Crippen molar-refractivity contribution in [3.63, 3.8) is 0 Å². The van der Waals surface area contributed by atoms with Gasteiger partial charge >= 0.3 is 0 Å². The molecule has 0 radical (unpaired) electrons. The molecular formula is C12H19N5. The monoisotopic (exact) mass is 233 g/mol. The van der Waals surface area contributed by atoms with Crippen LogP contribution in [0.15, 0.2) is 18.6 Å². The molecule has 0 atom stereocenters. The van der Waals surface area contributed by atoms with Crippen LogP contribution in [0.3, 0.4) is 0 Å². The Bertz CT molecular complexity index is 491. The van der Waals surface area contributed by atoms with E-state index in [1.165, 1.54) is 0 Å². The molecule has 0 aromatic carbocycles. The van der Waals surface area contributed by atoms with Crippen LogP contribution in [0.4, 0.5) is 11.6 Å². The summed E-state index contributed by atoms with van der Waals surface area (Å²) in [5.74, 6) is 1.81. The molecule has 2 heterocycles. The minimum absolute atomic E-state index is 0.896. The quantitative estimate of drug-likeness (QED) is 0.858. The summed E-state index contributed by atoms with van der Waals surface area (Å²) in [6, 6.07) is 0. The van der Waals surface area contributed by atoms with E-state index in [0.29, 0.717) is 0 Å². The van der Waals surface area contributed by atoms with Crippen molar-refractivity contribution in [1.82, 2.24) is 14.4 Å². The van der Waals surface area contributed by atoms with E-state index in [1.54, 1.807) is 6.20 Å². The van der Waals surface area contributed by atoms with Gasteiger partial charge in [0.05, 0.1) is 6.20 Å². The predicted octanol–water partition coefficient (Wildman–Crippen LogP) is 2.01. The lowest BCUT2D eigenvalue weighted by Gasteiger charge is -2.17. The van der Waals surface area contributed by atoms with Crippen LogP contribution < -0.4 is 10.2 Å². The van der Waals surface area contributed by atoms with Crippen molar-refractivity contribution in [2.45, 2.75) is 20.3 Å². The van der Waals surface area contributed by atoms with Gasteiger partial charge in [-0.2, -0.15) is 0 Å². The SMILES string of the molecule is CCCNc1cn2ccnc2c(N(C)CC)n1. The van der Waals surface area contributed by atoms with Crippen LogP contribution in [0.1, 0.15) is 20.3 Å². The maximum Gasteiger partial charge on any atom is 0.180 e. The molecule has 0 bridgehead atoms. The highest BCUT2D eigenvalue weighted by atomic mass is 15.2. The second-order valence-electron chi connectivity index (χ2n) is 4.05. The molecule has 5 heteroatoms. The van der Waals surface area contributed by atoms with Gasteiger partial charge in [-0.05, 0) is 13.3 Å². The number of nitrogens with one attached hydrogen (secondary N) is 1. The average molecular weight is 233 g/mol. The van der Waals surface area contributed by atoms with Gasteiger partial charge in [0.15, 0.2) is 11.5 Å². The van der Waals surface area contributed by atoms with Crippen LogP contribution in [0.25, 0.3) is 5.65 Å². The normalized spacial score (nSPS) is 10.8.